The molecule has 3 rings (SSSR count). The zero-order valence-electron chi connectivity index (χ0n) is 11.7. The van der Waals surface area contributed by atoms with Crippen LogP contribution in [0.5, 0.6) is 0 Å². The Balaban J connectivity index is 1.98. The Hall–Kier alpha value is -2.67. The van der Waals surface area contributed by atoms with Gasteiger partial charge in [-0.25, -0.2) is 13.4 Å². The number of aryl methyl sites for hydroxylation is 1. The van der Waals surface area contributed by atoms with Gasteiger partial charge in [-0.15, -0.1) is 0 Å². The highest BCUT2D eigenvalue weighted by atomic mass is 32.2. The molecule has 2 aromatic heterocycles. The number of carbonyl (C=O) groups is 1. The van der Waals surface area contributed by atoms with E-state index in [1.165, 1.54) is 24.3 Å². The molecule has 22 heavy (non-hydrogen) atoms. The lowest BCUT2D eigenvalue weighted by atomic mass is 10.2. The van der Waals surface area contributed by atoms with E-state index in [2.05, 4.69) is 9.71 Å². The molecule has 0 fully saturated rings. The van der Waals surface area contributed by atoms with E-state index in [0.717, 1.165) is 0 Å². The molecule has 0 aliphatic heterocycles. The maximum atomic E-state index is 12.4. The Labute approximate surface area is 127 Å². The van der Waals surface area contributed by atoms with Crippen molar-refractivity contribution in [2.24, 2.45) is 0 Å². The van der Waals surface area contributed by atoms with E-state index in [-0.39, 0.29) is 10.7 Å². The van der Waals surface area contributed by atoms with Crippen molar-refractivity contribution in [3.63, 3.8) is 0 Å². The van der Waals surface area contributed by atoms with Crippen molar-refractivity contribution in [1.29, 1.82) is 0 Å². The number of aromatic nitrogens is 2. The van der Waals surface area contributed by atoms with Gasteiger partial charge in [0.05, 0.1) is 10.6 Å². The van der Waals surface area contributed by atoms with Crippen molar-refractivity contribution in [2.75, 3.05) is 4.72 Å². The quantitative estimate of drug-likeness (QED) is 0.749. The van der Waals surface area contributed by atoms with E-state index in [1.54, 1.807) is 17.4 Å². The molecule has 0 saturated carbocycles. The minimum atomic E-state index is -3.75. The molecular formula is C15H13N3O3S. The van der Waals surface area contributed by atoms with Crippen molar-refractivity contribution in [2.45, 2.75) is 11.8 Å². The third-order valence-electron chi connectivity index (χ3n) is 3.33. The first-order chi connectivity index (χ1) is 10.5. The summed E-state index contributed by atoms with van der Waals surface area (Å²) in [6, 6.07) is 11.2. The van der Waals surface area contributed by atoms with Crippen LogP contribution in [-0.4, -0.2) is 24.1 Å². The minimum absolute atomic E-state index is 0.0783. The molecule has 1 N–H and O–H groups in total. The number of fused-ring (bicyclic) bond motifs is 1. The summed E-state index contributed by atoms with van der Waals surface area (Å²) in [7, 11) is -3.75. The lowest BCUT2D eigenvalue weighted by Crippen LogP contribution is -2.14. The lowest BCUT2D eigenvalue weighted by molar-refractivity contribution is 0.112. The van der Waals surface area contributed by atoms with Crippen LogP contribution in [0, 0.1) is 6.92 Å². The number of hydrogen-bond donors (Lipinski definition) is 1. The third-order valence-corrected chi connectivity index (χ3v) is 4.68. The predicted octanol–water partition coefficient (Wildman–Crippen LogP) is 2.26. The van der Waals surface area contributed by atoms with Crippen molar-refractivity contribution in [1.82, 2.24) is 9.38 Å². The van der Waals surface area contributed by atoms with Crippen LogP contribution in [0.2, 0.25) is 0 Å². The van der Waals surface area contributed by atoms with Gasteiger partial charge in [0, 0.05) is 11.8 Å². The van der Waals surface area contributed by atoms with E-state index in [1.807, 2.05) is 18.3 Å². The van der Waals surface area contributed by atoms with E-state index in [0.29, 0.717) is 23.2 Å². The highest BCUT2D eigenvalue weighted by Gasteiger charge is 2.18. The number of pyridine rings is 1. The van der Waals surface area contributed by atoms with Gasteiger partial charge in [0.1, 0.15) is 11.9 Å². The zero-order valence-corrected chi connectivity index (χ0v) is 12.5. The van der Waals surface area contributed by atoms with Gasteiger partial charge in [0.25, 0.3) is 10.0 Å². The average molecular weight is 315 g/mol. The minimum Gasteiger partial charge on any atom is -0.302 e. The Morgan fingerprint density at radius 1 is 1.14 bits per heavy atom. The number of rotatable bonds is 4. The summed E-state index contributed by atoms with van der Waals surface area (Å²) in [6.45, 7) is 1.79. The molecule has 0 bridgehead atoms. The van der Waals surface area contributed by atoms with Gasteiger partial charge in [-0.1, -0.05) is 18.2 Å². The highest BCUT2D eigenvalue weighted by Crippen LogP contribution is 2.20. The van der Waals surface area contributed by atoms with Gasteiger partial charge < -0.3 is 4.40 Å². The average Bonchev–Trinajstić information content (AvgIpc) is 2.83. The number of nitrogens with zero attached hydrogens (tertiary/aromatic N) is 2. The van der Waals surface area contributed by atoms with Gasteiger partial charge in [-0.2, -0.15) is 0 Å². The fourth-order valence-electron chi connectivity index (χ4n) is 2.13. The highest BCUT2D eigenvalue weighted by molar-refractivity contribution is 7.92. The summed E-state index contributed by atoms with van der Waals surface area (Å²) in [5.74, 6) is 0.283. The van der Waals surface area contributed by atoms with Crippen molar-refractivity contribution >= 4 is 27.8 Å². The molecule has 0 radical (unpaired) electrons. The number of carbonyl (C=O) groups excluding carboxylic acids is 1. The second-order valence-corrected chi connectivity index (χ2v) is 6.45. The molecule has 0 saturated heterocycles. The molecule has 3 aromatic rings. The Morgan fingerprint density at radius 2 is 1.86 bits per heavy atom. The number of hydrogen-bond acceptors (Lipinski definition) is 4. The summed E-state index contributed by atoms with van der Waals surface area (Å²) in [5.41, 5.74) is 1.78. The number of nitrogens with one attached hydrogen (secondary N) is 1. The summed E-state index contributed by atoms with van der Waals surface area (Å²) in [4.78, 5) is 15.0. The van der Waals surface area contributed by atoms with Crippen LogP contribution in [0.3, 0.4) is 0 Å². The maximum absolute atomic E-state index is 12.4. The van der Waals surface area contributed by atoms with Gasteiger partial charge in [-0.05, 0) is 31.2 Å². The summed E-state index contributed by atoms with van der Waals surface area (Å²) in [6.07, 6.45) is 2.48. The molecule has 112 valence electrons. The largest absolute Gasteiger partial charge is 0.302 e. The van der Waals surface area contributed by atoms with Crippen LogP contribution >= 0.6 is 0 Å². The van der Waals surface area contributed by atoms with Crippen LogP contribution in [0.25, 0.3) is 5.65 Å². The SMILES string of the molecule is Cc1c(NS(=O)(=O)c2ccc(C=O)cc2)nc2ccccn12. The Bertz CT molecular complexity index is 944. The first-order valence-corrected chi connectivity index (χ1v) is 8.01. The van der Waals surface area contributed by atoms with Gasteiger partial charge in [0.15, 0.2) is 5.82 Å². The van der Waals surface area contributed by atoms with Crippen LogP contribution < -0.4 is 4.72 Å². The molecule has 0 aliphatic carbocycles. The summed E-state index contributed by atoms with van der Waals surface area (Å²) < 4.78 is 29.0. The molecule has 2 heterocycles. The van der Waals surface area contributed by atoms with E-state index < -0.39 is 10.0 Å². The molecule has 0 aliphatic rings. The smallest absolute Gasteiger partial charge is 0.263 e. The standard InChI is InChI=1S/C15H13N3O3S/c1-11-15(16-14-4-2-3-9-18(11)14)17-22(20,21)13-7-5-12(10-19)6-8-13/h2-10,17H,1H3. The number of imidazole rings is 1. The first kappa shape index (κ1) is 14.3. The van der Waals surface area contributed by atoms with Crippen LogP contribution in [0.15, 0.2) is 53.6 Å². The number of sulfonamides is 1. The zero-order chi connectivity index (χ0) is 15.7. The van der Waals surface area contributed by atoms with E-state index >= 15 is 0 Å². The van der Waals surface area contributed by atoms with Crippen LogP contribution in [-0.2, 0) is 10.0 Å². The second kappa shape index (κ2) is 5.27. The molecule has 0 amide bonds. The molecule has 0 unspecified atom stereocenters. The fraction of sp³-hybridized carbons (Fsp3) is 0.0667. The van der Waals surface area contributed by atoms with Crippen LogP contribution in [0.1, 0.15) is 16.1 Å². The van der Waals surface area contributed by atoms with Gasteiger partial charge in [-0.3, -0.25) is 9.52 Å². The lowest BCUT2D eigenvalue weighted by Gasteiger charge is -2.06. The number of benzene rings is 1. The molecular weight excluding hydrogens is 302 g/mol. The monoisotopic (exact) mass is 315 g/mol. The fourth-order valence-corrected chi connectivity index (χ4v) is 3.19. The molecule has 6 nitrogen and oxygen atoms in total. The van der Waals surface area contributed by atoms with Crippen LogP contribution in [0.4, 0.5) is 5.82 Å². The van der Waals surface area contributed by atoms with Crippen molar-refractivity contribution < 1.29 is 13.2 Å². The normalized spacial score (nSPS) is 11.5. The number of anilines is 1. The van der Waals surface area contributed by atoms with Crippen molar-refractivity contribution in [3.05, 3.63) is 59.9 Å². The van der Waals surface area contributed by atoms with Gasteiger partial charge in [0.2, 0.25) is 0 Å². The molecule has 0 spiro atoms. The predicted molar refractivity (Wildman–Crippen MR) is 82.6 cm³/mol. The topological polar surface area (TPSA) is 80.5 Å². The molecule has 7 heteroatoms. The summed E-state index contributed by atoms with van der Waals surface area (Å²) >= 11 is 0. The Morgan fingerprint density at radius 3 is 2.50 bits per heavy atom. The maximum Gasteiger partial charge on any atom is 0.263 e. The summed E-state index contributed by atoms with van der Waals surface area (Å²) in [5, 5.41) is 0. The number of aldehydes is 1. The second-order valence-electron chi connectivity index (χ2n) is 4.77. The first-order valence-electron chi connectivity index (χ1n) is 6.53. The molecule has 0 atom stereocenters. The van der Waals surface area contributed by atoms with E-state index in [4.69, 9.17) is 0 Å². The Kier molecular flexibility index (Phi) is 3.42. The third kappa shape index (κ3) is 2.46. The van der Waals surface area contributed by atoms with Crippen molar-refractivity contribution in [3.8, 4) is 0 Å². The van der Waals surface area contributed by atoms with Gasteiger partial charge >= 0.3 is 0 Å². The van der Waals surface area contributed by atoms with E-state index in [9.17, 15) is 13.2 Å². The molecule has 1 aromatic carbocycles.